The first-order valence-electron chi connectivity index (χ1n) is 7.43. The number of hydrogen-bond acceptors (Lipinski definition) is 5. The number of hydrogen-bond donors (Lipinski definition) is 0. The first kappa shape index (κ1) is 15.4. The molecule has 1 fully saturated rings. The molecular formula is C15H24N2O2S. The number of esters is 1. The minimum Gasteiger partial charge on any atom is -0.466 e. The Bertz CT molecular complexity index is 445. The highest BCUT2D eigenvalue weighted by atomic mass is 32.1. The first-order valence-corrected chi connectivity index (χ1v) is 8.31. The Hall–Kier alpha value is -0.940. The van der Waals surface area contributed by atoms with Gasteiger partial charge in [0, 0.05) is 24.4 Å². The molecule has 0 amide bonds. The molecule has 0 aromatic carbocycles. The second kappa shape index (κ2) is 7.18. The quantitative estimate of drug-likeness (QED) is 0.783. The zero-order valence-corrected chi connectivity index (χ0v) is 13.4. The van der Waals surface area contributed by atoms with Gasteiger partial charge >= 0.3 is 5.97 Å². The molecule has 0 radical (unpaired) electrons. The molecule has 0 aliphatic carbocycles. The lowest BCUT2D eigenvalue weighted by Crippen LogP contribution is -2.39. The molecule has 1 saturated heterocycles. The van der Waals surface area contributed by atoms with Crippen molar-refractivity contribution in [1.82, 2.24) is 9.88 Å². The Labute approximate surface area is 125 Å². The van der Waals surface area contributed by atoms with Crippen LogP contribution in [0.5, 0.6) is 0 Å². The van der Waals surface area contributed by atoms with Crippen molar-refractivity contribution < 1.29 is 9.53 Å². The van der Waals surface area contributed by atoms with E-state index in [-0.39, 0.29) is 11.9 Å². The molecular weight excluding hydrogens is 272 g/mol. The topological polar surface area (TPSA) is 42.4 Å². The van der Waals surface area contributed by atoms with E-state index in [1.165, 1.54) is 5.01 Å². The van der Waals surface area contributed by atoms with E-state index in [0.717, 1.165) is 38.2 Å². The lowest BCUT2D eigenvalue weighted by molar-refractivity contribution is -0.150. The lowest BCUT2D eigenvalue weighted by atomic mass is 9.98. The Morgan fingerprint density at radius 3 is 3.05 bits per heavy atom. The Morgan fingerprint density at radius 2 is 2.40 bits per heavy atom. The maximum atomic E-state index is 11.8. The van der Waals surface area contributed by atoms with Crippen LogP contribution in [0.25, 0.3) is 0 Å². The first-order chi connectivity index (χ1) is 9.60. The van der Waals surface area contributed by atoms with Crippen LogP contribution in [-0.2, 0) is 16.1 Å². The minimum atomic E-state index is -0.0432. The van der Waals surface area contributed by atoms with E-state index in [1.54, 1.807) is 11.3 Å². The summed E-state index contributed by atoms with van der Waals surface area (Å²) in [5, 5.41) is 3.34. The number of likely N-dealkylation sites (tertiary alicyclic amines) is 1. The van der Waals surface area contributed by atoms with E-state index < -0.39 is 0 Å². The van der Waals surface area contributed by atoms with Gasteiger partial charge in [-0.2, -0.15) is 0 Å². The molecule has 2 rings (SSSR count). The zero-order valence-electron chi connectivity index (χ0n) is 12.6. The van der Waals surface area contributed by atoms with Crippen LogP contribution in [0.2, 0.25) is 0 Å². The minimum absolute atomic E-state index is 0.0342. The van der Waals surface area contributed by atoms with Crippen molar-refractivity contribution in [2.24, 2.45) is 5.92 Å². The average molecular weight is 296 g/mol. The summed E-state index contributed by atoms with van der Waals surface area (Å²) in [4.78, 5) is 18.8. The molecule has 20 heavy (non-hydrogen) atoms. The van der Waals surface area contributed by atoms with Crippen molar-refractivity contribution in [1.29, 1.82) is 0 Å². The maximum absolute atomic E-state index is 11.8. The number of nitrogens with zero attached hydrogens (tertiary/aromatic N) is 2. The van der Waals surface area contributed by atoms with E-state index >= 15 is 0 Å². The van der Waals surface area contributed by atoms with Crippen LogP contribution in [0, 0.1) is 5.92 Å². The highest BCUT2D eigenvalue weighted by Gasteiger charge is 2.27. The van der Waals surface area contributed by atoms with Gasteiger partial charge in [0.1, 0.15) is 0 Å². The van der Waals surface area contributed by atoms with E-state index in [9.17, 15) is 4.79 Å². The van der Waals surface area contributed by atoms with Gasteiger partial charge in [-0.15, -0.1) is 11.3 Å². The van der Waals surface area contributed by atoms with Crippen molar-refractivity contribution in [3.05, 3.63) is 16.1 Å². The van der Waals surface area contributed by atoms with Gasteiger partial charge in [-0.3, -0.25) is 9.69 Å². The van der Waals surface area contributed by atoms with E-state index in [4.69, 9.17) is 4.74 Å². The molecule has 1 aliphatic rings. The van der Waals surface area contributed by atoms with Crippen LogP contribution in [0.15, 0.2) is 5.38 Å². The Kier molecular flexibility index (Phi) is 5.54. The monoisotopic (exact) mass is 296 g/mol. The van der Waals surface area contributed by atoms with Crippen molar-refractivity contribution in [2.75, 3.05) is 19.7 Å². The molecule has 0 unspecified atom stereocenters. The molecule has 5 heteroatoms. The average Bonchev–Trinajstić information content (AvgIpc) is 2.88. The van der Waals surface area contributed by atoms with Gasteiger partial charge < -0.3 is 4.74 Å². The Morgan fingerprint density at radius 1 is 1.60 bits per heavy atom. The standard InChI is InChI=1S/C15H24N2O2S/c1-4-19-15(18)12-6-5-7-17(8-12)9-13-10-20-14(16-13)11(2)3/h10-12H,4-9H2,1-3H3/t12-/m0/s1. The van der Waals surface area contributed by atoms with Gasteiger partial charge in [-0.05, 0) is 26.3 Å². The van der Waals surface area contributed by atoms with Crippen LogP contribution >= 0.6 is 11.3 Å². The van der Waals surface area contributed by atoms with Gasteiger partial charge in [-0.25, -0.2) is 4.98 Å². The number of ether oxygens (including phenoxy) is 1. The third-order valence-electron chi connectivity index (χ3n) is 3.57. The highest BCUT2D eigenvalue weighted by Crippen LogP contribution is 2.23. The predicted molar refractivity (Wildman–Crippen MR) is 80.8 cm³/mol. The second-order valence-electron chi connectivity index (χ2n) is 5.66. The molecule has 1 aromatic heterocycles. The number of piperidine rings is 1. The molecule has 1 atom stereocenters. The Balaban J connectivity index is 1.90. The van der Waals surface area contributed by atoms with E-state index in [2.05, 4.69) is 29.1 Å². The molecule has 1 aliphatic heterocycles. The molecule has 112 valence electrons. The van der Waals surface area contributed by atoms with Crippen molar-refractivity contribution in [3.63, 3.8) is 0 Å². The largest absolute Gasteiger partial charge is 0.466 e. The van der Waals surface area contributed by atoms with Crippen LogP contribution in [-0.4, -0.2) is 35.5 Å². The van der Waals surface area contributed by atoms with Gasteiger partial charge in [0.05, 0.1) is 23.2 Å². The van der Waals surface area contributed by atoms with Crippen molar-refractivity contribution in [2.45, 2.75) is 46.1 Å². The number of rotatable bonds is 5. The molecule has 0 bridgehead atoms. The number of carbonyl (C=O) groups is 1. The maximum Gasteiger partial charge on any atom is 0.310 e. The zero-order chi connectivity index (χ0) is 14.5. The summed E-state index contributed by atoms with van der Waals surface area (Å²) in [5.41, 5.74) is 1.13. The normalized spacial score (nSPS) is 20.3. The molecule has 0 spiro atoms. The van der Waals surface area contributed by atoms with Gasteiger partial charge in [0.15, 0.2) is 0 Å². The fourth-order valence-electron chi connectivity index (χ4n) is 2.54. The molecule has 0 N–H and O–H groups in total. The van der Waals surface area contributed by atoms with E-state index in [0.29, 0.717) is 12.5 Å². The van der Waals surface area contributed by atoms with E-state index in [1.807, 2.05) is 6.92 Å². The third kappa shape index (κ3) is 4.03. The summed E-state index contributed by atoms with van der Waals surface area (Å²) in [5.74, 6) is 0.479. The molecule has 1 aromatic rings. The third-order valence-corrected chi connectivity index (χ3v) is 4.77. The van der Waals surface area contributed by atoms with Crippen LogP contribution in [0.4, 0.5) is 0 Å². The van der Waals surface area contributed by atoms with Gasteiger partial charge in [0.25, 0.3) is 0 Å². The number of thiazole rings is 1. The summed E-state index contributed by atoms with van der Waals surface area (Å²) in [6.45, 7) is 9.36. The number of carbonyl (C=O) groups excluding carboxylic acids is 1. The molecule has 0 saturated carbocycles. The summed E-state index contributed by atoms with van der Waals surface area (Å²) >= 11 is 1.73. The van der Waals surface area contributed by atoms with Crippen LogP contribution in [0.1, 0.15) is 50.2 Å². The molecule has 4 nitrogen and oxygen atoms in total. The lowest BCUT2D eigenvalue weighted by Gasteiger charge is -2.30. The smallest absolute Gasteiger partial charge is 0.310 e. The summed E-state index contributed by atoms with van der Waals surface area (Å²) in [7, 11) is 0. The predicted octanol–water partition coefficient (Wildman–Crippen LogP) is 3.04. The highest BCUT2D eigenvalue weighted by molar-refractivity contribution is 7.09. The fraction of sp³-hybridized carbons (Fsp3) is 0.733. The van der Waals surface area contributed by atoms with Crippen molar-refractivity contribution in [3.8, 4) is 0 Å². The van der Waals surface area contributed by atoms with Crippen LogP contribution in [0.3, 0.4) is 0 Å². The molecule has 2 heterocycles. The second-order valence-corrected chi connectivity index (χ2v) is 6.55. The van der Waals surface area contributed by atoms with Crippen molar-refractivity contribution >= 4 is 17.3 Å². The fourth-order valence-corrected chi connectivity index (χ4v) is 3.37. The summed E-state index contributed by atoms with van der Waals surface area (Å²) in [6, 6.07) is 0. The van der Waals surface area contributed by atoms with Gasteiger partial charge in [-0.1, -0.05) is 13.8 Å². The van der Waals surface area contributed by atoms with Gasteiger partial charge in [0.2, 0.25) is 0 Å². The SMILES string of the molecule is CCOC(=O)[C@H]1CCCN(Cc2csc(C(C)C)n2)C1. The van der Waals surface area contributed by atoms with Crippen LogP contribution < -0.4 is 0 Å². The summed E-state index contributed by atoms with van der Waals surface area (Å²) < 4.78 is 5.14. The summed E-state index contributed by atoms with van der Waals surface area (Å²) in [6.07, 6.45) is 2.01. The number of aromatic nitrogens is 1.